The first-order chi connectivity index (χ1) is 13.5. The van der Waals surface area contributed by atoms with Crippen LogP contribution in [0.4, 0.5) is 13.2 Å². The number of aliphatic hydroxyl groups is 1. The highest BCUT2D eigenvalue weighted by Crippen LogP contribution is 2.26. The van der Waals surface area contributed by atoms with E-state index in [0.29, 0.717) is 18.0 Å². The molecular formula is C19H22F3N3O3. The molecule has 1 saturated carbocycles. The number of pyridine rings is 1. The van der Waals surface area contributed by atoms with Gasteiger partial charge in [-0.15, -0.1) is 0 Å². The van der Waals surface area contributed by atoms with Crippen molar-refractivity contribution in [3.05, 3.63) is 35.8 Å². The molecule has 0 aliphatic heterocycles. The Morgan fingerprint density at radius 3 is 2.61 bits per heavy atom. The maximum Gasteiger partial charge on any atom is 0.387 e. The average molecular weight is 397 g/mol. The first kappa shape index (κ1) is 20.3. The van der Waals surface area contributed by atoms with E-state index in [1.54, 1.807) is 0 Å². The van der Waals surface area contributed by atoms with Crippen molar-refractivity contribution in [1.29, 1.82) is 0 Å². The lowest BCUT2D eigenvalue weighted by atomic mass is 9.91. The fourth-order valence-electron chi connectivity index (χ4n) is 3.42. The Morgan fingerprint density at radius 2 is 1.93 bits per heavy atom. The number of aromatic nitrogens is 1. The third-order valence-corrected chi connectivity index (χ3v) is 4.82. The van der Waals surface area contributed by atoms with Crippen molar-refractivity contribution in [2.24, 2.45) is 0 Å². The van der Waals surface area contributed by atoms with Crippen LogP contribution in [0.2, 0.25) is 0 Å². The van der Waals surface area contributed by atoms with E-state index in [1.165, 1.54) is 12.3 Å². The number of hydrogen-bond acceptors (Lipinski definition) is 5. The number of alkyl halides is 2. The number of ether oxygens (including phenoxy) is 1. The highest BCUT2D eigenvalue weighted by atomic mass is 19.3. The molecule has 0 spiro atoms. The Balaban J connectivity index is 1.64. The van der Waals surface area contributed by atoms with Crippen LogP contribution in [0.25, 0.3) is 10.9 Å². The lowest BCUT2D eigenvalue weighted by Gasteiger charge is -2.29. The van der Waals surface area contributed by atoms with Crippen LogP contribution in [-0.2, 0) is 0 Å². The maximum absolute atomic E-state index is 13.9. The van der Waals surface area contributed by atoms with E-state index in [-0.39, 0.29) is 29.6 Å². The molecule has 3 N–H and O–H groups in total. The van der Waals surface area contributed by atoms with Crippen molar-refractivity contribution in [3.63, 3.8) is 0 Å². The maximum atomic E-state index is 13.9. The summed E-state index contributed by atoms with van der Waals surface area (Å²) in [4.78, 5) is 16.6. The van der Waals surface area contributed by atoms with E-state index < -0.39 is 18.2 Å². The molecule has 0 unspecified atom stereocenters. The second-order valence-electron chi connectivity index (χ2n) is 6.78. The Hall–Kier alpha value is -2.39. The second-order valence-corrected chi connectivity index (χ2v) is 6.78. The van der Waals surface area contributed by atoms with E-state index in [4.69, 9.17) is 5.11 Å². The zero-order valence-corrected chi connectivity index (χ0v) is 15.1. The number of fused-ring (bicyclic) bond motifs is 1. The van der Waals surface area contributed by atoms with E-state index in [1.807, 2.05) is 0 Å². The molecule has 1 amide bonds. The van der Waals surface area contributed by atoms with Crippen LogP contribution in [0, 0.1) is 5.82 Å². The van der Waals surface area contributed by atoms with Crippen LogP contribution in [0.3, 0.4) is 0 Å². The van der Waals surface area contributed by atoms with Gasteiger partial charge < -0.3 is 20.5 Å². The summed E-state index contributed by atoms with van der Waals surface area (Å²) in [6, 6.07) is 3.96. The quantitative estimate of drug-likeness (QED) is 0.669. The smallest absolute Gasteiger partial charge is 0.387 e. The summed E-state index contributed by atoms with van der Waals surface area (Å²) in [5, 5.41) is 15.4. The number of nitrogens with zero attached hydrogens (tertiary/aromatic N) is 1. The summed E-state index contributed by atoms with van der Waals surface area (Å²) in [6.45, 7) is -2.47. The Bertz CT molecular complexity index is 827. The van der Waals surface area contributed by atoms with Crippen LogP contribution in [0.1, 0.15) is 36.0 Å². The lowest BCUT2D eigenvalue weighted by molar-refractivity contribution is -0.0520. The number of benzene rings is 1. The van der Waals surface area contributed by atoms with Gasteiger partial charge in [-0.3, -0.25) is 9.78 Å². The molecule has 28 heavy (non-hydrogen) atoms. The molecule has 1 heterocycles. The fourth-order valence-corrected chi connectivity index (χ4v) is 3.42. The van der Waals surface area contributed by atoms with Crippen LogP contribution < -0.4 is 15.4 Å². The van der Waals surface area contributed by atoms with Gasteiger partial charge in [0, 0.05) is 36.3 Å². The van der Waals surface area contributed by atoms with Gasteiger partial charge in [0.15, 0.2) is 11.6 Å². The minimum Gasteiger partial charge on any atom is -0.432 e. The predicted octanol–water partition coefficient (Wildman–Crippen LogP) is 2.60. The zero-order valence-electron chi connectivity index (χ0n) is 15.1. The molecule has 0 radical (unpaired) electrons. The van der Waals surface area contributed by atoms with Crippen LogP contribution in [0.5, 0.6) is 5.75 Å². The molecule has 1 aliphatic carbocycles. The predicted molar refractivity (Wildman–Crippen MR) is 96.9 cm³/mol. The zero-order chi connectivity index (χ0) is 20.1. The molecule has 2 aromatic rings. The molecule has 1 aromatic heterocycles. The monoisotopic (exact) mass is 397 g/mol. The van der Waals surface area contributed by atoms with Crippen LogP contribution in [-0.4, -0.2) is 47.8 Å². The van der Waals surface area contributed by atoms with E-state index >= 15 is 0 Å². The van der Waals surface area contributed by atoms with E-state index in [2.05, 4.69) is 20.4 Å². The largest absolute Gasteiger partial charge is 0.432 e. The summed E-state index contributed by atoms with van der Waals surface area (Å²) in [5.41, 5.74) is 0.527. The number of nitrogens with one attached hydrogen (secondary N) is 2. The SMILES string of the molecule is O=C(N[C@H]1CC[C@H](NCCO)CC1)c1cnc2cc(OC(F)F)c(F)cc2c1. The molecule has 1 fully saturated rings. The summed E-state index contributed by atoms with van der Waals surface area (Å²) in [5.74, 6) is -1.84. The first-order valence-electron chi connectivity index (χ1n) is 9.15. The number of rotatable bonds is 7. The number of hydrogen-bond donors (Lipinski definition) is 3. The third kappa shape index (κ3) is 5.11. The molecular weight excluding hydrogens is 375 g/mol. The second kappa shape index (κ2) is 9.20. The number of carbonyl (C=O) groups excluding carboxylic acids is 1. The number of carbonyl (C=O) groups is 1. The summed E-state index contributed by atoms with van der Waals surface area (Å²) < 4.78 is 42.6. The number of halogens is 3. The lowest BCUT2D eigenvalue weighted by Crippen LogP contribution is -2.42. The Morgan fingerprint density at radius 1 is 1.21 bits per heavy atom. The van der Waals surface area contributed by atoms with Gasteiger partial charge in [0.05, 0.1) is 17.7 Å². The van der Waals surface area contributed by atoms with Crippen molar-refractivity contribution in [1.82, 2.24) is 15.6 Å². The standard InChI is InChI=1S/C19H22F3N3O3/c20-15-8-11-7-12(10-24-16(11)9-17(15)28-19(21)22)18(27)25-14-3-1-13(2-4-14)23-5-6-26/h7-10,13-14,19,23,26H,1-6H2,(H,25,27)/t13-,14-. The van der Waals surface area contributed by atoms with Gasteiger partial charge in [-0.2, -0.15) is 8.78 Å². The first-order valence-corrected chi connectivity index (χ1v) is 9.15. The van der Waals surface area contributed by atoms with Crippen molar-refractivity contribution in [2.75, 3.05) is 13.2 Å². The van der Waals surface area contributed by atoms with Gasteiger partial charge in [-0.05, 0) is 37.8 Å². The van der Waals surface area contributed by atoms with Gasteiger partial charge in [-0.25, -0.2) is 4.39 Å². The van der Waals surface area contributed by atoms with Crippen molar-refractivity contribution in [2.45, 2.75) is 44.4 Å². The van der Waals surface area contributed by atoms with Gasteiger partial charge in [0.25, 0.3) is 5.91 Å². The Labute approximate surface area is 160 Å². The summed E-state index contributed by atoms with van der Waals surface area (Å²) in [6.07, 6.45) is 4.77. The molecule has 9 heteroatoms. The normalized spacial score (nSPS) is 19.8. The molecule has 1 aromatic carbocycles. The number of aliphatic hydroxyl groups excluding tert-OH is 1. The minimum absolute atomic E-state index is 0.0360. The van der Waals surface area contributed by atoms with Crippen LogP contribution >= 0.6 is 0 Å². The highest BCUT2D eigenvalue weighted by Gasteiger charge is 2.22. The van der Waals surface area contributed by atoms with E-state index in [0.717, 1.165) is 37.8 Å². The fraction of sp³-hybridized carbons (Fsp3) is 0.474. The molecule has 6 nitrogen and oxygen atoms in total. The topological polar surface area (TPSA) is 83.5 Å². The van der Waals surface area contributed by atoms with Gasteiger partial charge in [0.1, 0.15) is 0 Å². The van der Waals surface area contributed by atoms with Gasteiger partial charge in [-0.1, -0.05) is 0 Å². The molecule has 3 rings (SSSR count). The number of amides is 1. The Kier molecular flexibility index (Phi) is 6.69. The van der Waals surface area contributed by atoms with Crippen molar-refractivity contribution < 1.29 is 27.8 Å². The van der Waals surface area contributed by atoms with Gasteiger partial charge >= 0.3 is 6.61 Å². The van der Waals surface area contributed by atoms with Gasteiger partial charge in [0.2, 0.25) is 0 Å². The minimum atomic E-state index is -3.13. The molecule has 0 saturated heterocycles. The van der Waals surface area contributed by atoms with Crippen molar-refractivity contribution in [3.8, 4) is 5.75 Å². The molecule has 0 atom stereocenters. The summed E-state index contributed by atoms with van der Waals surface area (Å²) >= 11 is 0. The summed E-state index contributed by atoms with van der Waals surface area (Å²) in [7, 11) is 0. The van der Waals surface area contributed by atoms with Crippen molar-refractivity contribution >= 4 is 16.8 Å². The third-order valence-electron chi connectivity index (χ3n) is 4.82. The molecule has 1 aliphatic rings. The molecule has 0 bridgehead atoms. The highest BCUT2D eigenvalue weighted by molar-refractivity contribution is 5.97. The molecule has 152 valence electrons. The van der Waals surface area contributed by atoms with Crippen LogP contribution in [0.15, 0.2) is 24.4 Å². The van der Waals surface area contributed by atoms with E-state index in [9.17, 15) is 18.0 Å². The average Bonchev–Trinajstić information content (AvgIpc) is 2.67.